The lowest BCUT2D eigenvalue weighted by Crippen LogP contribution is -2.37. The zero-order valence-electron chi connectivity index (χ0n) is 15.6. The molecule has 1 aromatic heterocycles. The summed E-state index contributed by atoms with van der Waals surface area (Å²) in [6.07, 6.45) is 0. The summed E-state index contributed by atoms with van der Waals surface area (Å²) in [6, 6.07) is 11.1. The second-order valence-electron chi connectivity index (χ2n) is 5.89. The average molecular weight is 543 g/mol. The van der Waals surface area contributed by atoms with Gasteiger partial charge in [-0.2, -0.15) is 0 Å². The van der Waals surface area contributed by atoms with Gasteiger partial charge in [0.05, 0.1) is 6.54 Å². The molecule has 150 valence electrons. The Morgan fingerprint density at radius 1 is 1.15 bits per heavy atom. The van der Waals surface area contributed by atoms with Crippen molar-refractivity contribution in [1.29, 1.82) is 0 Å². The first-order valence-corrected chi connectivity index (χ1v) is 10.5. The lowest BCUT2D eigenvalue weighted by molar-refractivity contribution is 0.477. The fourth-order valence-corrected chi connectivity index (χ4v) is 4.85. The Balaban J connectivity index is 0.00000364. The van der Waals surface area contributed by atoms with Crippen molar-refractivity contribution in [3.05, 3.63) is 51.9 Å². The van der Waals surface area contributed by atoms with Crippen molar-refractivity contribution in [1.82, 2.24) is 14.5 Å². The normalized spacial score (nSPS) is 12.0. The number of thiophene rings is 1. The summed E-state index contributed by atoms with van der Waals surface area (Å²) in [5.41, 5.74) is 1.12. The molecule has 0 radical (unpaired) electrons. The van der Waals surface area contributed by atoms with Crippen LogP contribution in [0.2, 0.25) is 5.02 Å². The highest BCUT2D eigenvalue weighted by Gasteiger charge is 2.19. The first kappa shape index (κ1) is 24.2. The minimum atomic E-state index is -3.39. The summed E-state index contributed by atoms with van der Waals surface area (Å²) in [6.45, 7) is 1.19. The molecule has 0 aliphatic rings. The van der Waals surface area contributed by atoms with E-state index in [1.165, 1.54) is 29.7 Å². The van der Waals surface area contributed by atoms with Gasteiger partial charge in [-0.1, -0.05) is 23.7 Å². The second kappa shape index (κ2) is 10.6. The van der Waals surface area contributed by atoms with Gasteiger partial charge >= 0.3 is 0 Å². The predicted molar refractivity (Wildman–Crippen MR) is 124 cm³/mol. The molecule has 0 bridgehead atoms. The molecule has 2 aromatic rings. The standard InChI is InChI=1S/C17H23ClN4O2S2.HI/c1-19-17(22(4)12-13-5-7-14(18)8-6-13)20-11-15-9-10-16(25-15)26(23,24)21(2)3;/h5-10H,11-12H2,1-4H3,(H,19,20);1H. The van der Waals surface area contributed by atoms with Crippen molar-refractivity contribution in [2.75, 3.05) is 28.2 Å². The number of guanidine groups is 1. The molecule has 2 rings (SSSR count). The molecule has 0 saturated heterocycles. The summed E-state index contributed by atoms with van der Waals surface area (Å²) in [4.78, 5) is 7.20. The zero-order valence-corrected chi connectivity index (χ0v) is 20.4. The van der Waals surface area contributed by atoms with Gasteiger partial charge in [0.1, 0.15) is 4.21 Å². The average Bonchev–Trinajstić information content (AvgIpc) is 3.07. The molecule has 0 aliphatic heterocycles. The van der Waals surface area contributed by atoms with Crippen molar-refractivity contribution in [2.45, 2.75) is 17.3 Å². The maximum absolute atomic E-state index is 12.1. The number of sulfonamides is 1. The first-order chi connectivity index (χ1) is 12.2. The van der Waals surface area contributed by atoms with Crippen LogP contribution in [-0.2, 0) is 23.1 Å². The summed E-state index contributed by atoms with van der Waals surface area (Å²) in [5, 5.41) is 3.97. The summed E-state index contributed by atoms with van der Waals surface area (Å²) in [5.74, 6) is 0.727. The largest absolute Gasteiger partial charge is 0.351 e. The van der Waals surface area contributed by atoms with Crippen LogP contribution in [0.3, 0.4) is 0 Å². The Morgan fingerprint density at radius 2 is 1.78 bits per heavy atom. The van der Waals surface area contributed by atoms with Gasteiger partial charge < -0.3 is 10.2 Å². The van der Waals surface area contributed by atoms with Gasteiger partial charge in [0, 0.05) is 44.6 Å². The molecule has 0 unspecified atom stereocenters. The van der Waals surface area contributed by atoms with Crippen LogP contribution in [0.5, 0.6) is 0 Å². The Hall–Kier alpha value is -0.880. The molecular weight excluding hydrogens is 519 g/mol. The van der Waals surface area contributed by atoms with Crippen LogP contribution in [0, 0.1) is 0 Å². The SMILES string of the molecule is CN=C(NCc1ccc(S(=O)(=O)N(C)C)s1)N(C)Cc1ccc(Cl)cc1.I. The Labute approximate surface area is 187 Å². The van der Waals surface area contributed by atoms with Gasteiger partial charge in [-0.05, 0) is 29.8 Å². The van der Waals surface area contributed by atoms with E-state index in [2.05, 4.69) is 10.3 Å². The maximum Gasteiger partial charge on any atom is 0.252 e. The minimum Gasteiger partial charge on any atom is -0.351 e. The molecule has 10 heteroatoms. The van der Waals surface area contributed by atoms with Gasteiger partial charge in [-0.15, -0.1) is 35.3 Å². The zero-order chi connectivity index (χ0) is 19.3. The molecule has 0 aliphatic carbocycles. The lowest BCUT2D eigenvalue weighted by atomic mass is 10.2. The molecule has 1 N–H and O–H groups in total. The Kier molecular flexibility index (Phi) is 9.49. The molecule has 1 aromatic carbocycles. The van der Waals surface area contributed by atoms with Crippen LogP contribution in [0.15, 0.2) is 45.6 Å². The quantitative estimate of drug-likeness (QED) is 0.345. The van der Waals surface area contributed by atoms with Crippen LogP contribution in [0.1, 0.15) is 10.4 Å². The molecular formula is C17H24ClIN4O2S2. The highest BCUT2D eigenvalue weighted by Crippen LogP contribution is 2.23. The van der Waals surface area contributed by atoms with Crippen molar-refractivity contribution in [2.24, 2.45) is 4.99 Å². The number of nitrogens with zero attached hydrogens (tertiary/aromatic N) is 3. The van der Waals surface area contributed by atoms with Gasteiger partial charge in [0.15, 0.2) is 5.96 Å². The minimum absolute atomic E-state index is 0. The van der Waals surface area contributed by atoms with Crippen molar-refractivity contribution in [3.63, 3.8) is 0 Å². The second-order valence-corrected chi connectivity index (χ2v) is 9.87. The van der Waals surface area contributed by atoms with Crippen LogP contribution in [0.4, 0.5) is 0 Å². The number of hydrogen-bond acceptors (Lipinski definition) is 4. The van der Waals surface area contributed by atoms with E-state index in [4.69, 9.17) is 11.6 Å². The highest BCUT2D eigenvalue weighted by molar-refractivity contribution is 14.0. The van der Waals surface area contributed by atoms with Crippen molar-refractivity contribution >= 4 is 62.9 Å². The monoisotopic (exact) mass is 542 g/mol. The predicted octanol–water partition coefficient (Wildman–Crippen LogP) is 3.48. The van der Waals surface area contributed by atoms with Gasteiger partial charge in [0.2, 0.25) is 0 Å². The fourth-order valence-electron chi connectivity index (χ4n) is 2.26. The number of benzene rings is 1. The van der Waals surface area contributed by atoms with E-state index in [-0.39, 0.29) is 24.0 Å². The third-order valence-electron chi connectivity index (χ3n) is 3.70. The first-order valence-electron chi connectivity index (χ1n) is 7.91. The third kappa shape index (κ3) is 6.60. The summed E-state index contributed by atoms with van der Waals surface area (Å²) in [7, 11) is 3.33. The molecule has 27 heavy (non-hydrogen) atoms. The smallest absolute Gasteiger partial charge is 0.252 e. The Bertz CT molecular complexity index is 867. The van der Waals surface area contributed by atoms with Crippen LogP contribution < -0.4 is 5.32 Å². The Morgan fingerprint density at radius 3 is 2.33 bits per heavy atom. The van der Waals surface area contributed by atoms with E-state index in [1.807, 2.05) is 42.3 Å². The number of rotatable bonds is 6. The van der Waals surface area contributed by atoms with Crippen LogP contribution in [-0.4, -0.2) is 51.8 Å². The van der Waals surface area contributed by atoms with E-state index in [9.17, 15) is 8.42 Å². The van der Waals surface area contributed by atoms with E-state index in [0.29, 0.717) is 22.3 Å². The molecule has 0 saturated carbocycles. The van der Waals surface area contributed by atoms with E-state index in [0.717, 1.165) is 16.4 Å². The molecule has 0 fully saturated rings. The van der Waals surface area contributed by atoms with Crippen LogP contribution >= 0.6 is 46.9 Å². The third-order valence-corrected chi connectivity index (χ3v) is 7.32. The summed E-state index contributed by atoms with van der Waals surface area (Å²) >= 11 is 7.17. The lowest BCUT2D eigenvalue weighted by Gasteiger charge is -2.22. The fraction of sp³-hybridized carbons (Fsp3) is 0.353. The van der Waals surface area contributed by atoms with Gasteiger partial charge in [-0.3, -0.25) is 4.99 Å². The maximum atomic E-state index is 12.1. The van der Waals surface area contributed by atoms with Gasteiger partial charge in [-0.25, -0.2) is 12.7 Å². The van der Waals surface area contributed by atoms with Crippen LogP contribution in [0.25, 0.3) is 0 Å². The number of halogens is 2. The molecule has 0 amide bonds. The van der Waals surface area contributed by atoms with E-state index in [1.54, 1.807) is 13.1 Å². The van der Waals surface area contributed by atoms with Crippen molar-refractivity contribution in [3.8, 4) is 0 Å². The number of nitrogens with one attached hydrogen (secondary N) is 1. The van der Waals surface area contributed by atoms with Gasteiger partial charge in [0.25, 0.3) is 10.0 Å². The molecule has 6 nitrogen and oxygen atoms in total. The highest BCUT2D eigenvalue weighted by atomic mass is 127. The molecule has 0 atom stereocenters. The molecule has 0 spiro atoms. The van der Waals surface area contributed by atoms with E-state index >= 15 is 0 Å². The van der Waals surface area contributed by atoms with Crippen molar-refractivity contribution < 1.29 is 8.42 Å². The summed E-state index contributed by atoms with van der Waals surface area (Å²) < 4.78 is 25.9. The van der Waals surface area contributed by atoms with E-state index < -0.39 is 10.0 Å². The molecule has 1 heterocycles. The topological polar surface area (TPSA) is 65.0 Å². The number of hydrogen-bond donors (Lipinski definition) is 1. The number of aliphatic imine (C=N–C) groups is 1.